The first-order chi connectivity index (χ1) is 12.6. The van der Waals surface area contributed by atoms with Crippen molar-refractivity contribution >= 4 is 28.6 Å². The second-order valence-electron chi connectivity index (χ2n) is 5.53. The standard InChI is InChI=1S/C18H18N4O4/c1-3-12-4-7-14(8-5-12)19-17(23)11-26-22-16-10-13(18(24)25-2)6-9-15(16)20-21-22/h4-10H,3,11H2,1-2H3,(H,19,23). The summed E-state index contributed by atoms with van der Waals surface area (Å²) in [5.41, 5.74) is 3.22. The first-order valence-electron chi connectivity index (χ1n) is 8.06. The lowest BCUT2D eigenvalue weighted by molar-refractivity contribution is -0.121. The van der Waals surface area contributed by atoms with Crippen molar-refractivity contribution in [2.45, 2.75) is 13.3 Å². The Balaban J connectivity index is 1.66. The number of carbonyl (C=O) groups is 2. The lowest BCUT2D eigenvalue weighted by atomic mass is 10.1. The number of benzene rings is 2. The minimum atomic E-state index is -0.479. The minimum Gasteiger partial charge on any atom is -0.465 e. The van der Waals surface area contributed by atoms with Gasteiger partial charge in [-0.05, 0) is 47.5 Å². The van der Waals surface area contributed by atoms with Gasteiger partial charge in [0.15, 0.2) is 6.61 Å². The Morgan fingerprint density at radius 3 is 2.62 bits per heavy atom. The molecule has 0 aliphatic rings. The van der Waals surface area contributed by atoms with Crippen LogP contribution in [0.15, 0.2) is 42.5 Å². The van der Waals surface area contributed by atoms with Gasteiger partial charge in [-0.1, -0.05) is 23.9 Å². The maximum atomic E-state index is 12.0. The predicted molar refractivity (Wildman–Crippen MR) is 94.8 cm³/mol. The van der Waals surface area contributed by atoms with Crippen LogP contribution in [-0.2, 0) is 16.0 Å². The molecule has 1 aromatic heterocycles. The van der Waals surface area contributed by atoms with E-state index < -0.39 is 5.97 Å². The fourth-order valence-electron chi connectivity index (χ4n) is 2.38. The van der Waals surface area contributed by atoms with Crippen molar-refractivity contribution in [2.24, 2.45) is 0 Å². The van der Waals surface area contributed by atoms with Crippen molar-refractivity contribution in [3.8, 4) is 0 Å². The summed E-state index contributed by atoms with van der Waals surface area (Å²) in [4.78, 5) is 30.2. The zero-order valence-corrected chi connectivity index (χ0v) is 14.4. The highest BCUT2D eigenvalue weighted by atomic mass is 16.7. The lowest BCUT2D eigenvalue weighted by Crippen LogP contribution is -2.26. The van der Waals surface area contributed by atoms with E-state index in [-0.39, 0.29) is 12.5 Å². The summed E-state index contributed by atoms with van der Waals surface area (Å²) in [6.07, 6.45) is 0.935. The summed E-state index contributed by atoms with van der Waals surface area (Å²) >= 11 is 0. The van der Waals surface area contributed by atoms with Crippen LogP contribution in [0.2, 0.25) is 0 Å². The molecule has 3 aromatic rings. The van der Waals surface area contributed by atoms with Gasteiger partial charge < -0.3 is 14.9 Å². The Kier molecular flexibility index (Phi) is 5.12. The highest BCUT2D eigenvalue weighted by Gasteiger charge is 2.12. The average Bonchev–Trinajstić information content (AvgIpc) is 3.08. The first-order valence-corrected chi connectivity index (χ1v) is 8.06. The smallest absolute Gasteiger partial charge is 0.337 e. The molecular formula is C18H18N4O4. The largest absolute Gasteiger partial charge is 0.465 e. The number of amides is 1. The number of esters is 1. The molecule has 0 atom stereocenters. The summed E-state index contributed by atoms with van der Waals surface area (Å²) < 4.78 is 4.69. The summed E-state index contributed by atoms with van der Waals surface area (Å²) in [5, 5.41) is 10.5. The molecule has 8 nitrogen and oxygen atoms in total. The van der Waals surface area contributed by atoms with Crippen LogP contribution in [0.1, 0.15) is 22.8 Å². The number of aromatic nitrogens is 3. The van der Waals surface area contributed by atoms with E-state index in [4.69, 9.17) is 4.84 Å². The van der Waals surface area contributed by atoms with Gasteiger partial charge in [-0.25, -0.2) is 4.79 Å². The topological polar surface area (TPSA) is 95.3 Å². The maximum absolute atomic E-state index is 12.0. The van der Waals surface area contributed by atoms with Gasteiger partial charge in [0, 0.05) is 5.69 Å². The molecule has 0 fully saturated rings. The Hall–Kier alpha value is -3.42. The fraction of sp³-hybridized carbons (Fsp3) is 0.222. The van der Waals surface area contributed by atoms with Crippen LogP contribution in [0.4, 0.5) is 5.69 Å². The van der Waals surface area contributed by atoms with Gasteiger partial charge in [-0.3, -0.25) is 4.79 Å². The molecule has 1 N–H and O–H groups in total. The van der Waals surface area contributed by atoms with Gasteiger partial charge in [0.25, 0.3) is 5.91 Å². The highest BCUT2D eigenvalue weighted by molar-refractivity contribution is 5.93. The molecule has 0 saturated carbocycles. The lowest BCUT2D eigenvalue weighted by Gasteiger charge is -2.08. The van der Waals surface area contributed by atoms with Crippen molar-refractivity contribution in [1.82, 2.24) is 15.2 Å². The molecular weight excluding hydrogens is 336 g/mol. The van der Waals surface area contributed by atoms with Crippen LogP contribution < -0.4 is 10.2 Å². The number of nitrogens with one attached hydrogen (secondary N) is 1. The van der Waals surface area contributed by atoms with Crippen molar-refractivity contribution in [3.05, 3.63) is 53.6 Å². The molecule has 1 amide bonds. The molecule has 2 aromatic carbocycles. The number of carbonyl (C=O) groups excluding carboxylic acids is 2. The highest BCUT2D eigenvalue weighted by Crippen LogP contribution is 2.14. The number of hydrogen-bond acceptors (Lipinski definition) is 6. The number of rotatable bonds is 6. The first kappa shape index (κ1) is 17.4. The zero-order chi connectivity index (χ0) is 18.5. The van der Waals surface area contributed by atoms with E-state index in [1.807, 2.05) is 24.3 Å². The van der Waals surface area contributed by atoms with E-state index in [9.17, 15) is 9.59 Å². The van der Waals surface area contributed by atoms with Crippen molar-refractivity contribution in [1.29, 1.82) is 0 Å². The number of nitrogens with zero attached hydrogens (tertiary/aromatic N) is 3. The van der Waals surface area contributed by atoms with Gasteiger partial charge >= 0.3 is 5.97 Å². The van der Waals surface area contributed by atoms with Crippen molar-refractivity contribution in [2.75, 3.05) is 19.0 Å². The zero-order valence-electron chi connectivity index (χ0n) is 14.4. The maximum Gasteiger partial charge on any atom is 0.337 e. The molecule has 0 saturated heterocycles. The second-order valence-corrected chi connectivity index (χ2v) is 5.53. The molecule has 8 heteroatoms. The van der Waals surface area contributed by atoms with Gasteiger partial charge in [-0.15, -0.1) is 5.10 Å². The predicted octanol–water partition coefficient (Wildman–Crippen LogP) is 1.85. The quantitative estimate of drug-likeness (QED) is 0.679. The number of ether oxygens (including phenoxy) is 1. The molecule has 3 rings (SSSR count). The number of aryl methyl sites for hydroxylation is 1. The number of hydrogen-bond donors (Lipinski definition) is 1. The van der Waals surface area contributed by atoms with E-state index in [0.717, 1.165) is 11.3 Å². The van der Waals surface area contributed by atoms with Crippen LogP contribution >= 0.6 is 0 Å². The molecule has 0 unspecified atom stereocenters. The SMILES string of the molecule is CCc1ccc(NC(=O)COn2nnc3ccc(C(=O)OC)cc32)cc1. The molecule has 26 heavy (non-hydrogen) atoms. The summed E-state index contributed by atoms with van der Waals surface area (Å²) in [6.45, 7) is 1.81. The second kappa shape index (κ2) is 7.64. The van der Waals surface area contributed by atoms with Gasteiger partial charge in [0.2, 0.25) is 0 Å². The molecule has 0 spiro atoms. The van der Waals surface area contributed by atoms with E-state index in [0.29, 0.717) is 22.3 Å². The summed E-state index contributed by atoms with van der Waals surface area (Å²) in [7, 11) is 1.30. The Bertz CT molecular complexity index is 934. The molecule has 1 heterocycles. The Morgan fingerprint density at radius 1 is 1.15 bits per heavy atom. The Morgan fingerprint density at radius 2 is 1.92 bits per heavy atom. The molecule has 0 radical (unpaired) electrons. The monoisotopic (exact) mass is 354 g/mol. The fourth-order valence-corrected chi connectivity index (χ4v) is 2.38. The van der Waals surface area contributed by atoms with E-state index >= 15 is 0 Å². The molecule has 0 aliphatic carbocycles. The molecule has 134 valence electrons. The van der Waals surface area contributed by atoms with E-state index in [1.165, 1.54) is 12.7 Å². The number of fused-ring (bicyclic) bond motifs is 1. The van der Waals surface area contributed by atoms with Crippen LogP contribution in [0.25, 0.3) is 11.0 Å². The number of methoxy groups -OCH3 is 1. The van der Waals surface area contributed by atoms with Crippen LogP contribution in [0, 0.1) is 0 Å². The van der Waals surface area contributed by atoms with Crippen molar-refractivity contribution in [3.63, 3.8) is 0 Å². The van der Waals surface area contributed by atoms with Gasteiger partial charge in [0.1, 0.15) is 11.0 Å². The summed E-state index contributed by atoms with van der Waals surface area (Å²) in [6, 6.07) is 12.3. The van der Waals surface area contributed by atoms with Crippen LogP contribution in [0.5, 0.6) is 0 Å². The van der Waals surface area contributed by atoms with E-state index in [2.05, 4.69) is 27.3 Å². The third-order valence-corrected chi connectivity index (χ3v) is 3.80. The van der Waals surface area contributed by atoms with Gasteiger partial charge in [-0.2, -0.15) is 0 Å². The molecule has 0 bridgehead atoms. The third-order valence-electron chi connectivity index (χ3n) is 3.80. The average molecular weight is 354 g/mol. The third kappa shape index (κ3) is 3.80. The molecule has 0 aliphatic heterocycles. The summed E-state index contributed by atoms with van der Waals surface area (Å²) in [5.74, 6) is -0.810. The normalized spacial score (nSPS) is 10.5. The van der Waals surface area contributed by atoms with Gasteiger partial charge in [0.05, 0.1) is 12.7 Å². The van der Waals surface area contributed by atoms with Crippen molar-refractivity contribution < 1.29 is 19.2 Å². The minimum absolute atomic E-state index is 0.254. The number of anilines is 1. The van der Waals surface area contributed by atoms with E-state index in [1.54, 1.807) is 18.2 Å². The van der Waals surface area contributed by atoms with Crippen LogP contribution in [-0.4, -0.2) is 40.8 Å². The Labute approximate surface area is 149 Å². The van der Waals surface area contributed by atoms with Crippen LogP contribution in [0.3, 0.4) is 0 Å².